The van der Waals surface area contributed by atoms with Gasteiger partial charge in [0.25, 0.3) is 0 Å². The molecule has 4 nitrogen and oxygen atoms in total. The van der Waals surface area contributed by atoms with Crippen LogP contribution in [0.25, 0.3) is 5.57 Å². The SMILES string of the molecule is Oc1ccc(C/C(=C\Cc2ccc(OCCN3CCCCC3)nc2)c2ccccc2)cc1. The smallest absolute Gasteiger partial charge is 0.213 e. The number of ether oxygens (including phenoxy) is 1. The van der Waals surface area contributed by atoms with Gasteiger partial charge in [-0.15, -0.1) is 0 Å². The van der Waals surface area contributed by atoms with Crippen LogP contribution < -0.4 is 4.74 Å². The Morgan fingerprint density at radius 3 is 2.38 bits per heavy atom. The molecule has 2 heterocycles. The molecule has 0 amide bonds. The Balaban J connectivity index is 1.36. The summed E-state index contributed by atoms with van der Waals surface area (Å²) in [6.45, 7) is 4.05. The van der Waals surface area contributed by atoms with Crippen LogP contribution in [0.1, 0.15) is 36.0 Å². The average molecular weight is 429 g/mol. The predicted octanol–water partition coefficient (Wildman–Crippen LogP) is 5.52. The van der Waals surface area contributed by atoms with Gasteiger partial charge in [0.05, 0.1) is 0 Å². The van der Waals surface area contributed by atoms with Gasteiger partial charge in [-0.05, 0) is 73.2 Å². The molecule has 0 atom stereocenters. The molecule has 1 aromatic heterocycles. The highest BCUT2D eigenvalue weighted by atomic mass is 16.5. The molecule has 1 saturated heterocycles. The maximum atomic E-state index is 9.57. The summed E-state index contributed by atoms with van der Waals surface area (Å²) in [6.07, 6.45) is 9.77. The Morgan fingerprint density at radius 1 is 0.906 bits per heavy atom. The van der Waals surface area contributed by atoms with Gasteiger partial charge in [-0.1, -0.05) is 61.0 Å². The van der Waals surface area contributed by atoms with E-state index in [1.54, 1.807) is 12.1 Å². The van der Waals surface area contributed by atoms with Gasteiger partial charge in [-0.3, -0.25) is 4.90 Å². The van der Waals surface area contributed by atoms with Crippen LogP contribution >= 0.6 is 0 Å². The fourth-order valence-corrected chi connectivity index (χ4v) is 4.10. The van der Waals surface area contributed by atoms with Crippen LogP contribution in [0.3, 0.4) is 0 Å². The molecular weight excluding hydrogens is 396 g/mol. The summed E-state index contributed by atoms with van der Waals surface area (Å²) < 4.78 is 5.86. The maximum Gasteiger partial charge on any atom is 0.213 e. The summed E-state index contributed by atoms with van der Waals surface area (Å²) in [6, 6.07) is 22.0. The van der Waals surface area contributed by atoms with E-state index in [0.717, 1.165) is 24.9 Å². The molecule has 4 heteroatoms. The van der Waals surface area contributed by atoms with Crippen LogP contribution in [0.5, 0.6) is 11.6 Å². The van der Waals surface area contributed by atoms with Crippen LogP contribution in [0.4, 0.5) is 0 Å². The highest BCUT2D eigenvalue weighted by Crippen LogP contribution is 2.22. The second kappa shape index (κ2) is 11.5. The number of hydrogen-bond donors (Lipinski definition) is 1. The van der Waals surface area contributed by atoms with Crippen molar-refractivity contribution in [2.45, 2.75) is 32.1 Å². The van der Waals surface area contributed by atoms with Crippen molar-refractivity contribution in [1.29, 1.82) is 0 Å². The Labute approximate surface area is 191 Å². The minimum atomic E-state index is 0.295. The van der Waals surface area contributed by atoms with Crippen molar-refractivity contribution in [2.75, 3.05) is 26.2 Å². The molecular formula is C28H32N2O2. The zero-order chi connectivity index (χ0) is 22.0. The fourth-order valence-electron chi connectivity index (χ4n) is 4.10. The lowest BCUT2D eigenvalue weighted by molar-refractivity contribution is 0.180. The van der Waals surface area contributed by atoms with E-state index in [1.807, 2.05) is 30.5 Å². The highest BCUT2D eigenvalue weighted by Gasteiger charge is 2.09. The van der Waals surface area contributed by atoms with Gasteiger partial charge in [-0.25, -0.2) is 4.98 Å². The van der Waals surface area contributed by atoms with Gasteiger partial charge < -0.3 is 9.84 Å². The van der Waals surface area contributed by atoms with E-state index >= 15 is 0 Å². The molecule has 3 aromatic rings. The van der Waals surface area contributed by atoms with Crippen molar-refractivity contribution in [1.82, 2.24) is 9.88 Å². The van der Waals surface area contributed by atoms with Gasteiger partial charge in [0.2, 0.25) is 5.88 Å². The fraction of sp³-hybridized carbons (Fsp3) is 0.321. The summed E-state index contributed by atoms with van der Waals surface area (Å²) in [5, 5.41) is 9.57. The normalized spacial score (nSPS) is 14.9. The number of phenolic OH excluding ortho intramolecular Hbond substituents is 1. The first-order valence-corrected chi connectivity index (χ1v) is 11.6. The standard InChI is InChI=1S/C28H32N2O2/c31-27-14-10-23(11-15-27)21-26(25-7-3-1-4-8-25)13-9-24-12-16-28(29-22-24)32-20-19-30-17-5-2-6-18-30/h1,3-4,7-8,10-16,22,31H,2,5-6,9,17-21H2/b26-13+. The van der Waals surface area contributed by atoms with Crippen LogP contribution in [0.15, 0.2) is 79.0 Å². The van der Waals surface area contributed by atoms with Crippen molar-refractivity contribution in [3.05, 3.63) is 95.7 Å². The molecule has 0 unspecified atom stereocenters. The lowest BCUT2D eigenvalue weighted by atomic mass is 9.96. The second-order valence-electron chi connectivity index (χ2n) is 8.40. The molecule has 0 radical (unpaired) electrons. The average Bonchev–Trinajstić information content (AvgIpc) is 2.85. The van der Waals surface area contributed by atoms with Gasteiger partial charge in [0.15, 0.2) is 0 Å². The number of phenols is 1. The molecule has 4 rings (SSSR count). The Bertz CT molecular complexity index is 976. The summed E-state index contributed by atoms with van der Waals surface area (Å²) >= 11 is 0. The monoisotopic (exact) mass is 428 g/mol. The minimum absolute atomic E-state index is 0.295. The van der Waals surface area contributed by atoms with E-state index in [4.69, 9.17) is 4.74 Å². The first kappa shape index (κ1) is 22.1. The molecule has 32 heavy (non-hydrogen) atoms. The number of benzene rings is 2. The van der Waals surface area contributed by atoms with Crippen LogP contribution in [0.2, 0.25) is 0 Å². The minimum Gasteiger partial charge on any atom is -0.508 e. The van der Waals surface area contributed by atoms with Crippen molar-refractivity contribution in [3.63, 3.8) is 0 Å². The molecule has 1 aliphatic heterocycles. The molecule has 166 valence electrons. The predicted molar refractivity (Wildman–Crippen MR) is 130 cm³/mol. The molecule has 0 aliphatic carbocycles. The summed E-state index contributed by atoms with van der Waals surface area (Å²) in [5.74, 6) is 0.991. The topological polar surface area (TPSA) is 45.6 Å². The third-order valence-corrected chi connectivity index (χ3v) is 5.96. The third kappa shape index (κ3) is 6.69. The first-order chi connectivity index (χ1) is 15.8. The summed E-state index contributed by atoms with van der Waals surface area (Å²) in [7, 11) is 0. The van der Waals surface area contributed by atoms with Crippen LogP contribution in [0, 0.1) is 0 Å². The van der Waals surface area contributed by atoms with Crippen molar-refractivity contribution in [2.24, 2.45) is 0 Å². The van der Waals surface area contributed by atoms with Gasteiger partial charge >= 0.3 is 0 Å². The van der Waals surface area contributed by atoms with E-state index in [2.05, 4.69) is 46.3 Å². The number of nitrogens with zero attached hydrogens (tertiary/aromatic N) is 2. The number of rotatable bonds is 9. The maximum absolute atomic E-state index is 9.57. The largest absolute Gasteiger partial charge is 0.508 e. The molecule has 0 bridgehead atoms. The Morgan fingerprint density at radius 2 is 1.66 bits per heavy atom. The molecule has 1 N–H and O–H groups in total. The van der Waals surface area contributed by atoms with E-state index in [0.29, 0.717) is 18.2 Å². The van der Waals surface area contributed by atoms with Gasteiger partial charge in [0.1, 0.15) is 12.4 Å². The summed E-state index contributed by atoms with van der Waals surface area (Å²) in [4.78, 5) is 6.98. The number of piperidine rings is 1. The van der Waals surface area contributed by atoms with E-state index < -0.39 is 0 Å². The molecule has 1 aliphatic rings. The molecule has 2 aromatic carbocycles. The van der Waals surface area contributed by atoms with E-state index in [1.165, 1.54) is 49.1 Å². The number of aromatic hydroxyl groups is 1. The summed E-state index contributed by atoms with van der Waals surface area (Å²) in [5.41, 5.74) is 4.81. The van der Waals surface area contributed by atoms with Crippen molar-refractivity contribution < 1.29 is 9.84 Å². The highest BCUT2D eigenvalue weighted by molar-refractivity contribution is 5.68. The third-order valence-electron chi connectivity index (χ3n) is 5.96. The molecule has 0 spiro atoms. The number of allylic oxidation sites excluding steroid dienone is 2. The Hall–Kier alpha value is -3.11. The second-order valence-corrected chi connectivity index (χ2v) is 8.40. The van der Waals surface area contributed by atoms with Crippen LogP contribution in [-0.2, 0) is 12.8 Å². The van der Waals surface area contributed by atoms with E-state index in [-0.39, 0.29) is 0 Å². The van der Waals surface area contributed by atoms with Crippen molar-refractivity contribution >= 4 is 5.57 Å². The Kier molecular flexibility index (Phi) is 7.94. The number of likely N-dealkylation sites (tertiary alicyclic amines) is 1. The van der Waals surface area contributed by atoms with Gasteiger partial charge in [0, 0.05) is 18.8 Å². The quantitative estimate of drug-likeness (QED) is 0.487. The number of aromatic nitrogens is 1. The zero-order valence-electron chi connectivity index (χ0n) is 18.6. The number of hydrogen-bond acceptors (Lipinski definition) is 4. The lowest BCUT2D eigenvalue weighted by Gasteiger charge is -2.26. The van der Waals surface area contributed by atoms with Gasteiger partial charge in [-0.2, -0.15) is 0 Å². The number of pyridine rings is 1. The van der Waals surface area contributed by atoms with E-state index in [9.17, 15) is 5.11 Å². The zero-order valence-corrected chi connectivity index (χ0v) is 18.6. The van der Waals surface area contributed by atoms with Crippen LogP contribution in [-0.4, -0.2) is 41.2 Å². The molecule has 1 fully saturated rings. The van der Waals surface area contributed by atoms with Crippen molar-refractivity contribution in [3.8, 4) is 11.6 Å². The lowest BCUT2D eigenvalue weighted by Crippen LogP contribution is -2.33. The first-order valence-electron chi connectivity index (χ1n) is 11.6. The molecule has 0 saturated carbocycles.